The van der Waals surface area contributed by atoms with Crippen LogP contribution in [0.2, 0.25) is 0 Å². The zero-order valence-corrected chi connectivity index (χ0v) is 12.1. The monoisotopic (exact) mass is 291 g/mol. The van der Waals surface area contributed by atoms with Crippen molar-refractivity contribution < 1.29 is 14.3 Å². The summed E-state index contributed by atoms with van der Waals surface area (Å²) in [4.78, 5) is 25.4. The Morgan fingerprint density at radius 2 is 2.14 bits per heavy atom. The molecule has 0 aromatic heterocycles. The largest absolute Gasteiger partial charge is 0.477 e. The van der Waals surface area contributed by atoms with E-state index in [9.17, 15) is 9.59 Å². The predicted molar refractivity (Wildman–Crippen MR) is 79.9 cm³/mol. The lowest BCUT2D eigenvalue weighted by molar-refractivity contribution is -0.125. The zero-order chi connectivity index (χ0) is 15.4. The minimum absolute atomic E-state index is 0.102. The maximum atomic E-state index is 12.5. The number of amides is 2. The predicted octanol–water partition coefficient (Wildman–Crippen LogP) is 0.783. The Balaban J connectivity index is 2.24. The number of nitrogens with two attached hydrogens (primary N) is 2. The molecule has 1 aliphatic rings. The number of hydrogen-bond donors (Lipinski definition) is 2. The van der Waals surface area contributed by atoms with Gasteiger partial charge in [-0.05, 0) is 18.6 Å². The number of para-hydroxylation sites is 2. The van der Waals surface area contributed by atoms with Gasteiger partial charge in [0, 0.05) is 0 Å². The van der Waals surface area contributed by atoms with Gasteiger partial charge < -0.3 is 21.1 Å². The summed E-state index contributed by atoms with van der Waals surface area (Å²) in [6.07, 6.45) is 1.64. The molecule has 4 N–H and O–H groups in total. The molecule has 0 spiro atoms. The quantitative estimate of drug-likeness (QED) is 0.837. The highest BCUT2D eigenvalue weighted by Gasteiger charge is 2.34. The van der Waals surface area contributed by atoms with E-state index >= 15 is 0 Å². The fourth-order valence-corrected chi connectivity index (χ4v) is 2.34. The number of rotatable bonds is 5. The van der Waals surface area contributed by atoms with Gasteiger partial charge in [-0.1, -0.05) is 31.9 Å². The Morgan fingerprint density at radius 1 is 1.43 bits per heavy atom. The molecule has 1 aromatic carbocycles. The molecular weight excluding hydrogens is 270 g/mol. The summed E-state index contributed by atoms with van der Waals surface area (Å²) in [5.41, 5.74) is 11.9. The van der Waals surface area contributed by atoms with Crippen LogP contribution in [-0.2, 0) is 9.59 Å². The maximum absolute atomic E-state index is 12.5. The van der Waals surface area contributed by atoms with E-state index in [-0.39, 0.29) is 12.5 Å². The van der Waals surface area contributed by atoms with E-state index < -0.39 is 18.1 Å². The Hall–Kier alpha value is -2.08. The number of fused-ring (bicyclic) bond motifs is 1. The number of unbranched alkanes of at least 4 members (excludes halogenated alkanes) is 1. The van der Waals surface area contributed by atoms with Crippen molar-refractivity contribution in [3.63, 3.8) is 0 Å². The van der Waals surface area contributed by atoms with Crippen LogP contribution in [0.15, 0.2) is 24.3 Å². The van der Waals surface area contributed by atoms with Gasteiger partial charge in [-0.3, -0.25) is 9.59 Å². The van der Waals surface area contributed by atoms with Crippen molar-refractivity contribution in [3.05, 3.63) is 24.3 Å². The molecule has 0 saturated heterocycles. The first-order chi connectivity index (χ1) is 10.0. The third kappa shape index (κ3) is 3.33. The summed E-state index contributed by atoms with van der Waals surface area (Å²) in [7, 11) is 0. The molecular formula is C15H21N3O3. The van der Waals surface area contributed by atoms with Crippen LogP contribution < -0.4 is 21.1 Å². The first-order valence-electron chi connectivity index (χ1n) is 7.16. The number of nitrogens with zero attached hydrogens (tertiary/aromatic N) is 1. The summed E-state index contributed by atoms with van der Waals surface area (Å²) in [6, 6.07) is 6.50. The third-order valence-corrected chi connectivity index (χ3v) is 3.54. The molecule has 1 heterocycles. The van der Waals surface area contributed by atoms with E-state index in [0.717, 1.165) is 12.8 Å². The lowest BCUT2D eigenvalue weighted by atomic mass is 10.1. The second-order valence-electron chi connectivity index (χ2n) is 5.17. The number of primary amides is 1. The molecule has 2 rings (SSSR count). The van der Waals surface area contributed by atoms with Crippen molar-refractivity contribution in [1.29, 1.82) is 0 Å². The average Bonchev–Trinajstić information content (AvgIpc) is 2.50. The summed E-state index contributed by atoms with van der Waals surface area (Å²) < 4.78 is 5.53. The highest BCUT2D eigenvalue weighted by Crippen LogP contribution is 2.33. The smallest absolute Gasteiger partial charge is 0.260 e. The van der Waals surface area contributed by atoms with Crippen LogP contribution in [0.3, 0.4) is 0 Å². The fourth-order valence-electron chi connectivity index (χ4n) is 2.34. The van der Waals surface area contributed by atoms with E-state index in [1.165, 1.54) is 4.90 Å². The molecule has 0 saturated carbocycles. The number of hydrogen-bond acceptors (Lipinski definition) is 4. The van der Waals surface area contributed by atoms with E-state index in [4.69, 9.17) is 16.2 Å². The first-order valence-corrected chi connectivity index (χ1v) is 7.16. The van der Waals surface area contributed by atoms with Gasteiger partial charge in [0.2, 0.25) is 5.91 Å². The highest BCUT2D eigenvalue weighted by atomic mass is 16.5. The van der Waals surface area contributed by atoms with Crippen molar-refractivity contribution >= 4 is 17.5 Å². The normalized spacial score (nSPS) is 18.6. The minimum atomic E-state index is -0.845. The number of benzene rings is 1. The minimum Gasteiger partial charge on any atom is -0.477 e. The average molecular weight is 291 g/mol. The van der Waals surface area contributed by atoms with E-state index in [2.05, 4.69) is 0 Å². The molecule has 1 aromatic rings. The molecule has 0 fully saturated rings. The van der Waals surface area contributed by atoms with Crippen LogP contribution in [0.5, 0.6) is 5.75 Å². The number of anilines is 1. The first kappa shape index (κ1) is 15.3. The van der Waals surface area contributed by atoms with Crippen molar-refractivity contribution in [1.82, 2.24) is 0 Å². The van der Waals surface area contributed by atoms with Crippen LogP contribution in [-0.4, -0.2) is 30.5 Å². The van der Waals surface area contributed by atoms with Crippen LogP contribution in [0.25, 0.3) is 0 Å². The van der Waals surface area contributed by atoms with Crippen LogP contribution >= 0.6 is 0 Å². The van der Waals surface area contributed by atoms with Gasteiger partial charge in [-0.15, -0.1) is 0 Å². The molecule has 1 aliphatic heterocycles. The maximum Gasteiger partial charge on any atom is 0.260 e. The highest BCUT2D eigenvalue weighted by molar-refractivity contribution is 6.00. The van der Waals surface area contributed by atoms with Crippen LogP contribution in [0.4, 0.5) is 5.69 Å². The Labute approximate surface area is 124 Å². The van der Waals surface area contributed by atoms with Crippen molar-refractivity contribution in [3.8, 4) is 5.75 Å². The summed E-state index contributed by atoms with van der Waals surface area (Å²) >= 11 is 0. The molecule has 21 heavy (non-hydrogen) atoms. The van der Waals surface area contributed by atoms with E-state index in [1.807, 2.05) is 13.0 Å². The molecule has 0 aliphatic carbocycles. The second kappa shape index (κ2) is 6.58. The van der Waals surface area contributed by atoms with Gasteiger partial charge in [-0.25, -0.2) is 0 Å². The molecule has 6 heteroatoms. The van der Waals surface area contributed by atoms with Gasteiger partial charge >= 0.3 is 0 Å². The number of ether oxygens (including phenoxy) is 1. The second-order valence-corrected chi connectivity index (χ2v) is 5.17. The molecule has 0 bridgehead atoms. The Kier molecular flexibility index (Phi) is 4.80. The fraction of sp³-hybridized carbons (Fsp3) is 0.467. The summed E-state index contributed by atoms with van der Waals surface area (Å²) in [6.45, 7) is 2.15. The summed E-state index contributed by atoms with van der Waals surface area (Å²) in [5, 5.41) is 0. The number of carbonyl (C=O) groups is 2. The lowest BCUT2D eigenvalue weighted by Crippen LogP contribution is -2.53. The van der Waals surface area contributed by atoms with E-state index in [0.29, 0.717) is 17.9 Å². The Morgan fingerprint density at radius 3 is 2.81 bits per heavy atom. The summed E-state index contributed by atoms with van der Waals surface area (Å²) in [5.74, 6) is -0.321. The van der Waals surface area contributed by atoms with Gasteiger partial charge in [-0.2, -0.15) is 0 Å². The molecule has 6 nitrogen and oxygen atoms in total. The Bertz CT molecular complexity index is 533. The molecule has 2 amide bonds. The van der Waals surface area contributed by atoms with Crippen LogP contribution in [0.1, 0.15) is 26.2 Å². The molecule has 0 radical (unpaired) electrons. The van der Waals surface area contributed by atoms with Crippen LogP contribution in [0, 0.1) is 0 Å². The van der Waals surface area contributed by atoms with Gasteiger partial charge in [0.15, 0.2) is 6.10 Å². The third-order valence-electron chi connectivity index (χ3n) is 3.54. The molecule has 2 atom stereocenters. The molecule has 1 unspecified atom stereocenters. The van der Waals surface area contributed by atoms with E-state index in [1.54, 1.807) is 18.2 Å². The van der Waals surface area contributed by atoms with Gasteiger partial charge in [0.05, 0.1) is 18.3 Å². The SMILES string of the molecule is CCCC[C@H](N)C(=O)N1CC(C(N)=O)Oc2ccccc21. The zero-order valence-electron chi connectivity index (χ0n) is 12.1. The molecule has 114 valence electrons. The standard InChI is InChI=1S/C15H21N3O3/c1-2-3-6-10(16)15(20)18-9-13(14(17)19)21-12-8-5-4-7-11(12)18/h4-5,7-8,10,13H,2-3,6,9,16H2,1H3,(H2,17,19)/t10-,13?/m0/s1. The number of carbonyl (C=O) groups excluding carboxylic acids is 2. The topological polar surface area (TPSA) is 98.7 Å². The van der Waals surface area contributed by atoms with Crippen molar-refractivity contribution in [2.75, 3.05) is 11.4 Å². The van der Waals surface area contributed by atoms with Gasteiger partial charge in [0.1, 0.15) is 5.75 Å². The van der Waals surface area contributed by atoms with Crippen molar-refractivity contribution in [2.45, 2.75) is 38.3 Å². The van der Waals surface area contributed by atoms with Gasteiger partial charge in [0.25, 0.3) is 5.91 Å². The van der Waals surface area contributed by atoms with Crippen molar-refractivity contribution in [2.24, 2.45) is 11.5 Å². The lowest BCUT2D eigenvalue weighted by Gasteiger charge is -2.34.